The number of H-pyrrole nitrogens is 2. The molecule has 0 unspecified atom stereocenters. The van der Waals surface area contributed by atoms with Crippen molar-refractivity contribution >= 4 is 35.8 Å². The van der Waals surface area contributed by atoms with Gasteiger partial charge in [0.15, 0.2) is 0 Å². The Kier molecular flexibility index (Phi) is 22.3. The van der Waals surface area contributed by atoms with Gasteiger partial charge in [0.1, 0.15) is 41.7 Å². The van der Waals surface area contributed by atoms with E-state index in [2.05, 4.69) is 42.3 Å². The number of nitrogens with one attached hydrogen (secondary N) is 7. The van der Waals surface area contributed by atoms with Crippen molar-refractivity contribution in [3.8, 4) is 0 Å². The zero-order valence-electron chi connectivity index (χ0n) is 40.6. The van der Waals surface area contributed by atoms with E-state index in [9.17, 15) is 39.0 Å². The lowest BCUT2D eigenvalue weighted by Gasteiger charge is -2.35. The van der Waals surface area contributed by atoms with Crippen LogP contribution in [0.2, 0.25) is 0 Å². The third-order valence-electron chi connectivity index (χ3n) is 11.8. The first kappa shape index (κ1) is 54.6. The fourth-order valence-corrected chi connectivity index (χ4v) is 8.41. The van der Waals surface area contributed by atoms with Gasteiger partial charge in [-0.25, -0.2) is 19.4 Å². The number of urea groups is 1. The number of carboxylic acids is 1. The van der Waals surface area contributed by atoms with Gasteiger partial charge in [-0.15, -0.1) is 0 Å². The molecule has 4 rings (SSSR count). The maximum atomic E-state index is 14.6. The molecule has 1 saturated carbocycles. The number of hydrogen-bond donors (Lipinski definition) is 9. The Balaban J connectivity index is 1.58. The van der Waals surface area contributed by atoms with Crippen molar-refractivity contribution in [3.05, 3.63) is 90.0 Å². The SMILES string of the molecule is CC(C)CN(C[C@H](O)[C@H](CC1CCCCC1)NC(=O)[C@H](Cc1c[nH+]c[nH]1)NC(=O)[C@H](Cc1ccccc1)NC(=O)OC(C)(C)C)C(=O)N[C@@H](CCCC[NH3+])C(=O)N[C@@H](Cc1ccccc1)C(=O)O. The number of hydrogen-bond acceptors (Lipinski definition) is 8. The summed E-state index contributed by atoms with van der Waals surface area (Å²) in [4.78, 5) is 89.6. The van der Waals surface area contributed by atoms with Gasteiger partial charge in [-0.3, -0.25) is 19.4 Å². The van der Waals surface area contributed by atoms with E-state index >= 15 is 0 Å². The first-order valence-corrected chi connectivity index (χ1v) is 24.2. The van der Waals surface area contributed by atoms with E-state index in [1.807, 2.05) is 50.2 Å². The van der Waals surface area contributed by atoms with E-state index in [4.69, 9.17) is 4.74 Å². The van der Waals surface area contributed by atoms with Crippen LogP contribution in [-0.2, 0) is 43.2 Å². The Hall–Kier alpha value is -6.01. The van der Waals surface area contributed by atoms with Crippen LogP contribution >= 0.6 is 0 Å². The van der Waals surface area contributed by atoms with Gasteiger partial charge in [0.05, 0.1) is 25.2 Å². The largest absolute Gasteiger partial charge is 0.480 e. The molecule has 0 aliphatic heterocycles. The second kappa shape index (κ2) is 27.7. The van der Waals surface area contributed by atoms with Gasteiger partial charge >= 0.3 is 18.1 Å². The summed E-state index contributed by atoms with van der Waals surface area (Å²) in [6, 6.07) is 12.0. The van der Waals surface area contributed by atoms with Crippen molar-refractivity contribution in [1.82, 2.24) is 36.5 Å². The number of rotatable bonds is 26. The molecule has 1 aliphatic carbocycles. The number of amides is 6. The number of aliphatic carboxylic acids is 1. The molecule has 0 spiro atoms. The second-order valence-corrected chi connectivity index (χ2v) is 19.4. The summed E-state index contributed by atoms with van der Waals surface area (Å²) in [7, 11) is 0. The number of unbranched alkanes of at least 4 members (excludes halogenated alkanes) is 1. The van der Waals surface area contributed by atoms with E-state index in [0.717, 1.165) is 43.2 Å². The molecule has 374 valence electrons. The number of imidazole rings is 1. The molecule has 1 aliphatic rings. The summed E-state index contributed by atoms with van der Waals surface area (Å²) in [6.07, 6.45) is 8.13. The van der Waals surface area contributed by atoms with Crippen molar-refractivity contribution in [2.75, 3.05) is 19.6 Å². The number of aromatic amines is 2. The maximum Gasteiger partial charge on any atom is 0.408 e. The minimum atomic E-state index is -1.28. The zero-order valence-corrected chi connectivity index (χ0v) is 40.6. The Morgan fingerprint density at radius 1 is 0.765 bits per heavy atom. The highest BCUT2D eigenvalue weighted by Crippen LogP contribution is 2.28. The van der Waals surface area contributed by atoms with Gasteiger partial charge in [-0.1, -0.05) is 107 Å². The number of ether oxygens (including phenoxy) is 1. The Labute approximate surface area is 400 Å². The van der Waals surface area contributed by atoms with E-state index in [-0.39, 0.29) is 50.6 Å². The van der Waals surface area contributed by atoms with Gasteiger partial charge in [-0.2, -0.15) is 0 Å². The molecule has 0 saturated heterocycles. The van der Waals surface area contributed by atoms with Crippen molar-refractivity contribution in [3.63, 3.8) is 0 Å². The molecule has 2 aromatic carbocycles. The molecule has 6 atom stereocenters. The topological polar surface area (TPSA) is 273 Å². The average Bonchev–Trinajstić information content (AvgIpc) is 3.81. The van der Waals surface area contributed by atoms with Crippen LogP contribution in [0.25, 0.3) is 0 Å². The fraction of sp³-hybridized carbons (Fsp3) is 0.580. The highest BCUT2D eigenvalue weighted by molar-refractivity contribution is 5.92. The normalized spacial score (nSPS) is 15.7. The van der Waals surface area contributed by atoms with E-state index in [0.29, 0.717) is 31.5 Å². The summed E-state index contributed by atoms with van der Waals surface area (Å²) in [5, 5.41) is 36.3. The van der Waals surface area contributed by atoms with Gasteiger partial charge in [0.25, 0.3) is 0 Å². The summed E-state index contributed by atoms with van der Waals surface area (Å²) in [6.45, 7) is 9.59. The summed E-state index contributed by atoms with van der Waals surface area (Å²) >= 11 is 0. The van der Waals surface area contributed by atoms with Crippen LogP contribution < -0.4 is 37.3 Å². The molecule has 68 heavy (non-hydrogen) atoms. The van der Waals surface area contributed by atoms with E-state index in [1.54, 1.807) is 57.6 Å². The van der Waals surface area contributed by atoms with E-state index in [1.165, 1.54) is 4.90 Å². The van der Waals surface area contributed by atoms with E-state index < -0.39 is 77.7 Å². The lowest BCUT2D eigenvalue weighted by atomic mass is 9.83. The molecule has 1 heterocycles. The number of carbonyl (C=O) groups excluding carboxylic acids is 5. The minimum Gasteiger partial charge on any atom is -0.480 e. The van der Waals surface area contributed by atoms with Crippen molar-refractivity contribution < 1.29 is 54.4 Å². The quantitative estimate of drug-likeness (QED) is 0.0535. The lowest BCUT2D eigenvalue weighted by Crippen LogP contribution is -2.59. The van der Waals surface area contributed by atoms with Crippen LogP contribution in [0, 0.1) is 11.8 Å². The average molecular weight is 948 g/mol. The summed E-state index contributed by atoms with van der Waals surface area (Å²) in [5.41, 5.74) is 5.16. The molecule has 18 heteroatoms. The number of carboxylic acid groups (broad SMARTS) is 1. The minimum absolute atomic E-state index is 0.0331. The summed E-state index contributed by atoms with van der Waals surface area (Å²) in [5.74, 6) is -2.93. The third-order valence-corrected chi connectivity index (χ3v) is 11.8. The smallest absolute Gasteiger partial charge is 0.408 e. The molecule has 12 N–H and O–H groups in total. The third kappa shape index (κ3) is 19.7. The summed E-state index contributed by atoms with van der Waals surface area (Å²) < 4.78 is 5.49. The van der Waals surface area contributed by atoms with Crippen LogP contribution in [0.15, 0.2) is 73.2 Å². The van der Waals surface area contributed by atoms with Crippen molar-refractivity contribution in [2.24, 2.45) is 11.8 Å². The van der Waals surface area contributed by atoms with Crippen LogP contribution in [0.3, 0.4) is 0 Å². The molecule has 6 amide bonds. The first-order valence-electron chi connectivity index (χ1n) is 24.2. The van der Waals surface area contributed by atoms with Crippen molar-refractivity contribution in [1.29, 1.82) is 0 Å². The Morgan fingerprint density at radius 3 is 1.90 bits per heavy atom. The molecule has 18 nitrogen and oxygen atoms in total. The second-order valence-electron chi connectivity index (χ2n) is 19.4. The number of quaternary nitrogens is 1. The van der Waals surface area contributed by atoms with Crippen LogP contribution in [0.4, 0.5) is 9.59 Å². The van der Waals surface area contributed by atoms with Gasteiger partial charge in [-0.05, 0) is 69.4 Å². The lowest BCUT2D eigenvalue weighted by molar-refractivity contribution is -0.376. The van der Waals surface area contributed by atoms with Gasteiger partial charge in [0.2, 0.25) is 24.0 Å². The highest BCUT2D eigenvalue weighted by atomic mass is 16.6. The number of alkyl carbamates (subject to hydrolysis) is 1. The molecule has 3 aromatic rings. The van der Waals surface area contributed by atoms with Crippen LogP contribution in [0.5, 0.6) is 0 Å². The molecular weight excluding hydrogens is 871 g/mol. The predicted octanol–water partition coefficient (Wildman–Crippen LogP) is 3.07. The number of aliphatic hydroxyl groups excluding tert-OH is 1. The number of benzene rings is 2. The Morgan fingerprint density at radius 2 is 1.34 bits per heavy atom. The molecule has 0 radical (unpaired) electrons. The number of nitrogens with zero attached hydrogens (tertiary/aromatic N) is 1. The zero-order chi connectivity index (χ0) is 49.6. The monoisotopic (exact) mass is 948 g/mol. The van der Waals surface area contributed by atoms with Gasteiger partial charge < -0.3 is 52.2 Å². The number of aromatic nitrogens is 2. The van der Waals surface area contributed by atoms with Crippen LogP contribution in [-0.4, -0.2) is 117 Å². The fourth-order valence-electron chi connectivity index (χ4n) is 8.41. The molecular formula is C50H77N9O9+2. The standard InChI is InChI=1S/C50H75N9O9/c1-33(2)30-59(48(66)57-38(23-15-16-24-51)44(61)56-42(47(64)65)27-36-21-13-8-14-22-36)31-43(60)39(25-34-17-9-6-10-18-34)54-46(63)41(28-37-29-52-32-53-37)55-45(62)40(26-35-19-11-7-12-20-35)58-49(67)68-50(3,4)5/h7-8,11-14,19-22,29,32-34,38-43,60H,6,9-10,15-18,23-28,30-31,51H2,1-5H3,(H,52,53)(H,54,63)(H,55,62)(H,56,61)(H,57,66)(H,58,67)(H,64,65)/p+2/t38-,39-,40-,41-,42-,43-/m0/s1. The molecule has 1 aromatic heterocycles. The molecule has 0 bridgehead atoms. The highest BCUT2D eigenvalue weighted by Gasteiger charge is 2.35. The maximum absolute atomic E-state index is 14.6. The number of carbonyl (C=O) groups is 6. The predicted molar refractivity (Wildman–Crippen MR) is 255 cm³/mol. The molecule has 1 fully saturated rings. The number of aliphatic hydroxyl groups is 1. The first-order chi connectivity index (χ1) is 32.4. The Bertz CT molecular complexity index is 2010. The van der Waals surface area contributed by atoms with Crippen molar-refractivity contribution in [2.45, 2.75) is 154 Å². The van der Waals surface area contributed by atoms with Crippen LogP contribution in [0.1, 0.15) is 109 Å². The van der Waals surface area contributed by atoms with Gasteiger partial charge in [0, 0.05) is 25.8 Å².